The number of alkyl halides is 1. The first-order chi connectivity index (χ1) is 5.69. The van der Waals surface area contributed by atoms with Crippen LogP contribution in [-0.4, -0.2) is 9.97 Å². The lowest BCUT2D eigenvalue weighted by Gasteiger charge is -2.02. The molecule has 0 atom stereocenters. The predicted molar refractivity (Wildman–Crippen MR) is 53.6 cm³/mol. The van der Waals surface area contributed by atoms with Crippen molar-refractivity contribution in [3.63, 3.8) is 0 Å². The van der Waals surface area contributed by atoms with E-state index >= 15 is 0 Å². The van der Waals surface area contributed by atoms with Crippen molar-refractivity contribution in [1.29, 1.82) is 5.26 Å². The number of anilines is 1. The topological polar surface area (TPSA) is 75.6 Å². The summed E-state index contributed by atoms with van der Waals surface area (Å²) in [6.45, 7) is 1.76. The first-order valence-electron chi connectivity index (χ1n) is 3.28. The van der Waals surface area contributed by atoms with E-state index in [0.29, 0.717) is 21.4 Å². The van der Waals surface area contributed by atoms with Gasteiger partial charge in [0.1, 0.15) is 6.07 Å². The van der Waals surface area contributed by atoms with Crippen LogP contribution in [0.15, 0.2) is 0 Å². The van der Waals surface area contributed by atoms with Crippen LogP contribution < -0.4 is 5.73 Å². The molecule has 0 amide bonds. The molecule has 62 valence electrons. The zero-order valence-corrected chi connectivity index (χ0v) is 8.66. The summed E-state index contributed by atoms with van der Waals surface area (Å²) in [5.41, 5.74) is 7.32. The summed E-state index contributed by atoms with van der Waals surface area (Å²) in [5.74, 6) is 0.234. The standard InChI is InChI=1S/C7H7IN4/c1-4-5(3-9)6(2-8)12-7(10)11-4/h2H2,1H3,(H2,10,11,12). The number of hydrogen-bond donors (Lipinski definition) is 1. The third-order valence-corrected chi connectivity index (χ3v) is 2.14. The largest absolute Gasteiger partial charge is 0.368 e. The van der Waals surface area contributed by atoms with Crippen molar-refractivity contribution in [2.45, 2.75) is 11.4 Å². The highest BCUT2D eigenvalue weighted by Crippen LogP contribution is 2.13. The molecule has 1 rings (SSSR count). The molecule has 5 heteroatoms. The number of nitrogen functional groups attached to an aromatic ring is 1. The Morgan fingerprint density at radius 2 is 2.25 bits per heavy atom. The second kappa shape index (κ2) is 3.67. The Hall–Kier alpha value is -0.900. The molecule has 4 nitrogen and oxygen atoms in total. The van der Waals surface area contributed by atoms with Crippen LogP contribution in [0.4, 0.5) is 5.95 Å². The molecule has 0 aliphatic rings. The van der Waals surface area contributed by atoms with E-state index in [1.165, 1.54) is 0 Å². The zero-order chi connectivity index (χ0) is 9.14. The average molecular weight is 274 g/mol. The van der Waals surface area contributed by atoms with E-state index in [1.807, 2.05) is 0 Å². The molecule has 0 saturated carbocycles. The minimum atomic E-state index is 0.234. The molecule has 0 aliphatic carbocycles. The van der Waals surface area contributed by atoms with Crippen LogP contribution in [0.5, 0.6) is 0 Å². The molecule has 0 bridgehead atoms. The number of rotatable bonds is 1. The van der Waals surface area contributed by atoms with Crippen molar-refractivity contribution in [2.24, 2.45) is 0 Å². The molecular formula is C7H7IN4. The Balaban J connectivity index is 3.36. The summed E-state index contributed by atoms with van der Waals surface area (Å²) in [6.07, 6.45) is 0. The normalized spacial score (nSPS) is 9.42. The molecule has 1 aromatic heterocycles. The van der Waals surface area contributed by atoms with E-state index < -0.39 is 0 Å². The van der Waals surface area contributed by atoms with E-state index in [4.69, 9.17) is 11.0 Å². The summed E-state index contributed by atoms with van der Waals surface area (Å²) >= 11 is 2.14. The summed E-state index contributed by atoms with van der Waals surface area (Å²) in [6, 6.07) is 2.06. The van der Waals surface area contributed by atoms with Crippen LogP contribution >= 0.6 is 22.6 Å². The van der Waals surface area contributed by atoms with Crippen LogP contribution in [-0.2, 0) is 4.43 Å². The van der Waals surface area contributed by atoms with Gasteiger partial charge in [-0.05, 0) is 6.92 Å². The van der Waals surface area contributed by atoms with Crippen molar-refractivity contribution in [3.8, 4) is 6.07 Å². The quantitative estimate of drug-likeness (QED) is 0.616. The van der Waals surface area contributed by atoms with Gasteiger partial charge in [-0.15, -0.1) is 0 Å². The fraction of sp³-hybridized carbons (Fsp3) is 0.286. The van der Waals surface area contributed by atoms with Crippen LogP contribution in [0, 0.1) is 18.3 Å². The fourth-order valence-corrected chi connectivity index (χ4v) is 1.45. The molecule has 0 saturated heterocycles. The molecule has 0 radical (unpaired) electrons. The molecule has 2 N–H and O–H groups in total. The summed E-state index contributed by atoms with van der Waals surface area (Å²) in [7, 11) is 0. The Morgan fingerprint density at radius 3 is 2.75 bits per heavy atom. The molecule has 0 aromatic carbocycles. The second-order valence-electron chi connectivity index (χ2n) is 2.23. The molecule has 0 fully saturated rings. The van der Waals surface area contributed by atoms with Crippen LogP contribution in [0.3, 0.4) is 0 Å². The van der Waals surface area contributed by atoms with Crippen molar-refractivity contribution < 1.29 is 0 Å². The number of nitriles is 1. The van der Waals surface area contributed by atoms with Gasteiger partial charge >= 0.3 is 0 Å². The van der Waals surface area contributed by atoms with Gasteiger partial charge in [0, 0.05) is 4.43 Å². The van der Waals surface area contributed by atoms with E-state index in [2.05, 4.69) is 38.6 Å². The SMILES string of the molecule is Cc1nc(N)nc(CI)c1C#N. The van der Waals surface area contributed by atoms with Gasteiger partial charge in [-0.3, -0.25) is 0 Å². The maximum Gasteiger partial charge on any atom is 0.220 e. The first kappa shape index (κ1) is 9.19. The third-order valence-electron chi connectivity index (χ3n) is 1.42. The van der Waals surface area contributed by atoms with E-state index in [9.17, 15) is 0 Å². The van der Waals surface area contributed by atoms with E-state index in [-0.39, 0.29) is 5.95 Å². The third kappa shape index (κ3) is 1.64. The number of aromatic nitrogens is 2. The zero-order valence-electron chi connectivity index (χ0n) is 6.50. The lowest BCUT2D eigenvalue weighted by molar-refractivity contribution is 1.05. The Morgan fingerprint density at radius 1 is 1.58 bits per heavy atom. The highest BCUT2D eigenvalue weighted by molar-refractivity contribution is 14.1. The van der Waals surface area contributed by atoms with Gasteiger partial charge in [0.05, 0.1) is 17.0 Å². The maximum absolute atomic E-state index is 8.75. The smallest absolute Gasteiger partial charge is 0.220 e. The summed E-state index contributed by atoms with van der Waals surface area (Å²) < 4.78 is 0.675. The van der Waals surface area contributed by atoms with Crippen molar-refractivity contribution in [3.05, 3.63) is 17.0 Å². The molecule has 1 heterocycles. The van der Waals surface area contributed by atoms with Crippen molar-refractivity contribution >= 4 is 28.5 Å². The van der Waals surface area contributed by atoms with Gasteiger partial charge in [-0.2, -0.15) is 5.26 Å². The average Bonchev–Trinajstić information content (AvgIpc) is 2.03. The van der Waals surface area contributed by atoms with Crippen molar-refractivity contribution in [2.75, 3.05) is 5.73 Å². The number of nitrogens with two attached hydrogens (primary N) is 1. The number of nitrogens with zero attached hydrogens (tertiary/aromatic N) is 3. The Labute approximate surface area is 84.0 Å². The maximum atomic E-state index is 8.75. The molecule has 1 aromatic rings. The molecular weight excluding hydrogens is 267 g/mol. The van der Waals surface area contributed by atoms with Crippen molar-refractivity contribution in [1.82, 2.24) is 9.97 Å². The highest BCUT2D eigenvalue weighted by Gasteiger charge is 2.07. The number of hydrogen-bond acceptors (Lipinski definition) is 4. The Kier molecular flexibility index (Phi) is 2.81. The van der Waals surface area contributed by atoms with Crippen LogP contribution in [0.2, 0.25) is 0 Å². The Bertz CT molecular complexity index is 342. The van der Waals surface area contributed by atoms with Gasteiger partial charge < -0.3 is 5.73 Å². The molecule has 0 spiro atoms. The van der Waals surface area contributed by atoms with Gasteiger partial charge in [0.2, 0.25) is 5.95 Å². The van der Waals surface area contributed by atoms with Crippen LogP contribution in [0.25, 0.3) is 0 Å². The molecule has 0 aliphatic heterocycles. The lowest BCUT2D eigenvalue weighted by Crippen LogP contribution is -2.03. The number of halogens is 1. The fourth-order valence-electron chi connectivity index (χ4n) is 0.898. The van der Waals surface area contributed by atoms with Gasteiger partial charge in [-0.1, -0.05) is 22.6 Å². The minimum absolute atomic E-state index is 0.234. The second-order valence-corrected chi connectivity index (χ2v) is 3.00. The molecule has 12 heavy (non-hydrogen) atoms. The highest BCUT2D eigenvalue weighted by atomic mass is 127. The predicted octanol–water partition coefficient (Wildman–Crippen LogP) is 1.17. The summed E-state index contributed by atoms with van der Waals surface area (Å²) in [4.78, 5) is 7.85. The monoisotopic (exact) mass is 274 g/mol. The lowest BCUT2D eigenvalue weighted by atomic mass is 10.2. The first-order valence-corrected chi connectivity index (χ1v) is 4.80. The van der Waals surface area contributed by atoms with E-state index in [1.54, 1.807) is 6.92 Å². The van der Waals surface area contributed by atoms with Gasteiger partial charge in [0.25, 0.3) is 0 Å². The minimum Gasteiger partial charge on any atom is -0.368 e. The van der Waals surface area contributed by atoms with Gasteiger partial charge in [-0.25, -0.2) is 9.97 Å². The molecule has 0 unspecified atom stereocenters. The van der Waals surface area contributed by atoms with Crippen LogP contribution in [0.1, 0.15) is 17.0 Å². The van der Waals surface area contributed by atoms with Gasteiger partial charge in [0.15, 0.2) is 0 Å². The summed E-state index contributed by atoms with van der Waals surface area (Å²) in [5, 5.41) is 8.75. The van der Waals surface area contributed by atoms with E-state index in [0.717, 1.165) is 0 Å². The number of aryl methyl sites for hydroxylation is 1.